The summed E-state index contributed by atoms with van der Waals surface area (Å²) in [7, 11) is 0. The molecule has 0 radical (unpaired) electrons. The summed E-state index contributed by atoms with van der Waals surface area (Å²) in [6.07, 6.45) is 1.80. The van der Waals surface area contributed by atoms with Crippen LogP contribution in [0.3, 0.4) is 0 Å². The summed E-state index contributed by atoms with van der Waals surface area (Å²) >= 11 is 0. The van der Waals surface area contributed by atoms with Gasteiger partial charge in [0.25, 0.3) is 0 Å². The molecular formula is C13H19N3O. The van der Waals surface area contributed by atoms with E-state index in [1.54, 1.807) is 6.20 Å². The molecule has 4 nitrogen and oxygen atoms in total. The Kier molecular flexibility index (Phi) is 3.33. The molecule has 3 N–H and O–H groups in total. The first-order valence-electron chi connectivity index (χ1n) is 5.93. The monoisotopic (exact) mass is 233 g/mol. The minimum atomic E-state index is 0.264. The molecule has 1 unspecified atom stereocenters. The van der Waals surface area contributed by atoms with Crippen LogP contribution in [0.4, 0.5) is 0 Å². The maximum atomic E-state index is 5.77. The highest BCUT2D eigenvalue weighted by Gasteiger charge is 2.18. The predicted octanol–water partition coefficient (Wildman–Crippen LogP) is 2.68. The van der Waals surface area contributed by atoms with Gasteiger partial charge in [0, 0.05) is 12.5 Å². The van der Waals surface area contributed by atoms with Crippen LogP contribution in [0.5, 0.6) is 0 Å². The van der Waals surface area contributed by atoms with Gasteiger partial charge in [-0.15, -0.1) is 0 Å². The molecule has 0 saturated heterocycles. The van der Waals surface area contributed by atoms with Crippen LogP contribution in [0, 0.1) is 12.8 Å². The molecule has 0 aromatic carbocycles. The SMILES string of the molecule is Cc1ccc(-c2cnc(C(CN)C(C)C)[nH]2)o1. The number of aromatic amines is 1. The highest BCUT2D eigenvalue weighted by molar-refractivity contribution is 5.51. The summed E-state index contributed by atoms with van der Waals surface area (Å²) in [4.78, 5) is 7.69. The number of hydrogen-bond acceptors (Lipinski definition) is 3. The van der Waals surface area contributed by atoms with Crippen LogP contribution in [0.1, 0.15) is 31.4 Å². The van der Waals surface area contributed by atoms with Crippen molar-refractivity contribution in [3.63, 3.8) is 0 Å². The van der Waals surface area contributed by atoms with Crippen LogP contribution in [-0.2, 0) is 0 Å². The third-order valence-corrected chi connectivity index (χ3v) is 3.01. The normalized spacial score (nSPS) is 13.2. The number of furan rings is 1. The van der Waals surface area contributed by atoms with E-state index in [4.69, 9.17) is 10.2 Å². The maximum absolute atomic E-state index is 5.77. The van der Waals surface area contributed by atoms with Gasteiger partial charge in [-0.2, -0.15) is 0 Å². The van der Waals surface area contributed by atoms with Crippen LogP contribution < -0.4 is 5.73 Å². The van der Waals surface area contributed by atoms with Crippen molar-refractivity contribution in [2.24, 2.45) is 11.7 Å². The Morgan fingerprint density at radius 2 is 2.18 bits per heavy atom. The smallest absolute Gasteiger partial charge is 0.152 e. The number of H-pyrrole nitrogens is 1. The molecule has 0 aliphatic heterocycles. The second kappa shape index (κ2) is 4.75. The van der Waals surface area contributed by atoms with E-state index in [9.17, 15) is 0 Å². The van der Waals surface area contributed by atoms with E-state index in [0.29, 0.717) is 12.5 Å². The van der Waals surface area contributed by atoms with E-state index in [1.807, 2.05) is 19.1 Å². The number of imidazole rings is 1. The average molecular weight is 233 g/mol. The molecule has 0 amide bonds. The number of nitrogens with two attached hydrogens (primary N) is 1. The molecule has 0 aliphatic rings. The van der Waals surface area contributed by atoms with Crippen LogP contribution in [-0.4, -0.2) is 16.5 Å². The summed E-state index contributed by atoms with van der Waals surface area (Å²) < 4.78 is 5.55. The summed E-state index contributed by atoms with van der Waals surface area (Å²) in [6.45, 7) is 6.83. The lowest BCUT2D eigenvalue weighted by Gasteiger charge is -2.15. The van der Waals surface area contributed by atoms with Crippen LogP contribution in [0.15, 0.2) is 22.7 Å². The lowest BCUT2D eigenvalue weighted by molar-refractivity contribution is 0.486. The van der Waals surface area contributed by atoms with Crippen LogP contribution in [0.2, 0.25) is 0 Å². The largest absolute Gasteiger partial charge is 0.460 e. The van der Waals surface area contributed by atoms with E-state index < -0.39 is 0 Å². The molecule has 2 rings (SSSR count). The minimum absolute atomic E-state index is 0.264. The molecule has 0 saturated carbocycles. The fourth-order valence-electron chi connectivity index (χ4n) is 1.93. The Hall–Kier alpha value is -1.55. The van der Waals surface area contributed by atoms with E-state index in [-0.39, 0.29) is 5.92 Å². The fraction of sp³-hybridized carbons (Fsp3) is 0.462. The van der Waals surface area contributed by atoms with Crippen molar-refractivity contribution in [1.82, 2.24) is 9.97 Å². The Balaban J connectivity index is 2.26. The van der Waals surface area contributed by atoms with Crippen LogP contribution >= 0.6 is 0 Å². The molecule has 0 spiro atoms. The highest BCUT2D eigenvalue weighted by Crippen LogP contribution is 2.25. The first-order chi connectivity index (χ1) is 8.11. The molecule has 92 valence electrons. The van der Waals surface area contributed by atoms with E-state index >= 15 is 0 Å². The molecule has 17 heavy (non-hydrogen) atoms. The van der Waals surface area contributed by atoms with Gasteiger partial charge in [-0.1, -0.05) is 13.8 Å². The van der Waals surface area contributed by atoms with E-state index in [1.165, 1.54) is 0 Å². The Bertz CT molecular complexity index is 484. The average Bonchev–Trinajstić information content (AvgIpc) is 2.87. The molecule has 0 aliphatic carbocycles. The van der Waals surface area contributed by atoms with Crippen molar-refractivity contribution in [2.75, 3.05) is 6.54 Å². The van der Waals surface area contributed by atoms with Gasteiger partial charge < -0.3 is 15.1 Å². The van der Waals surface area contributed by atoms with E-state index in [2.05, 4.69) is 23.8 Å². The highest BCUT2D eigenvalue weighted by atomic mass is 16.3. The van der Waals surface area contributed by atoms with Gasteiger partial charge in [-0.05, 0) is 25.0 Å². The zero-order valence-electron chi connectivity index (χ0n) is 10.5. The lowest BCUT2D eigenvalue weighted by Crippen LogP contribution is -2.19. The van der Waals surface area contributed by atoms with Crippen molar-refractivity contribution in [3.8, 4) is 11.5 Å². The van der Waals surface area contributed by atoms with Crippen molar-refractivity contribution in [1.29, 1.82) is 0 Å². The van der Waals surface area contributed by atoms with Crippen molar-refractivity contribution in [3.05, 3.63) is 29.9 Å². The van der Waals surface area contributed by atoms with Gasteiger partial charge >= 0.3 is 0 Å². The van der Waals surface area contributed by atoms with Crippen LogP contribution in [0.25, 0.3) is 11.5 Å². The third-order valence-electron chi connectivity index (χ3n) is 3.01. The van der Waals surface area contributed by atoms with Gasteiger partial charge in [-0.25, -0.2) is 4.98 Å². The first kappa shape index (κ1) is 11.9. The minimum Gasteiger partial charge on any atom is -0.460 e. The third kappa shape index (κ3) is 2.42. The van der Waals surface area contributed by atoms with Gasteiger partial charge in [0.2, 0.25) is 0 Å². The number of rotatable bonds is 4. The van der Waals surface area contributed by atoms with Gasteiger partial charge in [0.1, 0.15) is 17.3 Å². The summed E-state index contributed by atoms with van der Waals surface area (Å²) in [6, 6.07) is 3.89. The zero-order valence-corrected chi connectivity index (χ0v) is 10.5. The summed E-state index contributed by atoms with van der Waals surface area (Å²) in [5.74, 6) is 3.39. The topological polar surface area (TPSA) is 67.8 Å². The predicted molar refractivity (Wildman–Crippen MR) is 67.7 cm³/mol. The first-order valence-corrected chi connectivity index (χ1v) is 5.93. The quantitative estimate of drug-likeness (QED) is 0.853. The Labute approximate surface area is 101 Å². The zero-order chi connectivity index (χ0) is 12.4. The van der Waals surface area contributed by atoms with Crippen molar-refractivity contribution < 1.29 is 4.42 Å². The molecular weight excluding hydrogens is 214 g/mol. The number of nitrogens with zero attached hydrogens (tertiary/aromatic N) is 1. The summed E-state index contributed by atoms with van der Waals surface area (Å²) in [5.41, 5.74) is 6.68. The lowest BCUT2D eigenvalue weighted by atomic mass is 9.95. The van der Waals surface area contributed by atoms with Gasteiger partial charge in [0.15, 0.2) is 5.76 Å². The maximum Gasteiger partial charge on any atom is 0.152 e. The van der Waals surface area contributed by atoms with E-state index in [0.717, 1.165) is 23.0 Å². The number of aryl methyl sites for hydroxylation is 1. The number of nitrogens with one attached hydrogen (secondary N) is 1. The van der Waals surface area contributed by atoms with Crippen molar-refractivity contribution in [2.45, 2.75) is 26.7 Å². The second-order valence-electron chi connectivity index (χ2n) is 4.68. The molecule has 0 fully saturated rings. The molecule has 2 aromatic heterocycles. The fourth-order valence-corrected chi connectivity index (χ4v) is 1.93. The number of hydrogen-bond donors (Lipinski definition) is 2. The Morgan fingerprint density at radius 1 is 1.41 bits per heavy atom. The summed E-state index contributed by atoms with van der Waals surface area (Å²) in [5, 5.41) is 0. The molecule has 1 atom stereocenters. The molecule has 4 heteroatoms. The van der Waals surface area contributed by atoms with Crippen molar-refractivity contribution >= 4 is 0 Å². The standard InChI is InChI=1S/C13H19N3O/c1-8(2)10(6-14)13-15-7-11(16-13)12-5-4-9(3)17-12/h4-5,7-8,10H,6,14H2,1-3H3,(H,15,16). The molecule has 2 heterocycles. The number of aromatic nitrogens is 2. The second-order valence-corrected chi connectivity index (χ2v) is 4.68. The van der Waals surface area contributed by atoms with Gasteiger partial charge in [-0.3, -0.25) is 0 Å². The Morgan fingerprint density at radius 3 is 2.71 bits per heavy atom. The van der Waals surface area contributed by atoms with Gasteiger partial charge in [0.05, 0.1) is 6.20 Å². The molecule has 2 aromatic rings. The molecule has 0 bridgehead atoms.